The topological polar surface area (TPSA) is 71.4 Å². The SMILES string of the molecule is CC(C#N)CC(CC#N)C(C)CC#N. The third kappa shape index (κ3) is 4.48. The van der Waals surface area contributed by atoms with Crippen molar-refractivity contribution in [2.45, 2.75) is 33.1 Å². The summed E-state index contributed by atoms with van der Waals surface area (Å²) < 4.78 is 0. The van der Waals surface area contributed by atoms with Gasteiger partial charge in [0.15, 0.2) is 0 Å². The molecule has 0 aliphatic heterocycles. The van der Waals surface area contributed by atoms with Crippen LogP contribution in [0.2, 0.25) is 0 Å². The monoisotopic (exact) mass is 189 g/mol. The predicted octanol–water partition coefficient (Wildman–Crippen LogP) is 2.62. The van der Waals surface area contributed by atoms with E-state index >= 15 is 0 Å². The van der Waals surface area contributed by atoms with Crippen LogP contribution >= 0.6 is 0 Å². The highest BCUT2D eigenvalue weighted by Crippen LogP contribution is 2.25. The van der Waals surface area contributed by atoms with Gasteiger partial charge in [0.1, 0.15) is 0 Å². The van der Waals surface area contributed by atoms with Gasteiger partial charge < -0.3 is 0 Å². The summed E-state index contributed by atoms with van der Waals surface area (Å²) in [6.07, 6.45) is 1.62. The molecule has 0 amide bonds. The van der Waals surface area contributed by atoms with Crippen molar-refractivity contribution in [3.63, 3.8) is 0 Å². The summed E-state index contributed by atoms with van der Waals surface area (Å²) >= 11 is 0. The Hall–Kier alpha value is -1.53. The van der Waals surface area contributed by atoms with Crippen LogP contribution in [0.3, 0.4) is 0 Å². The zero-order valence-electron chi connectivity index (χ0n) is 8.70. The second-order valence-electron chi connectivity index (χ2n) is 3.73. The Morgan fingerprint density at radius 2 is 1.57 bits per heavy atom. The van der Waals surface area contributed by atoms with Crippen molar-refractivity contribution in [3.05, 3.63) is 0 Å². The Morgan fingerprint density at radius 3 is 2.00 bits per heavy atom. The minimum atomic E-state index is -0.0329. The number of nitriles is 3. The van der Waals surface area contributed by atoms with E-state index in [1.807, 2.05) is 13.8 Å². The Bertz CT molecular complexity index is 276. The molecule has 0 saturated carbocycles. The largest absolute Gasteiger partial charge is 0.198 e. The second kappa shape index (κ2) is 6.93. The lowest BCUT2D eigenvalue weighted by atomic mass is 9.83. The molecule has 74 valence electrons. The van der Waals surface area contributed by atoms with Gasteiger partial charge in [-0.3, -0.25) is 0 Å². The summed E-state index contributed by atoms with van der Waals surface area (Å²) in [5.74, 6) is 0.347. The molecule has 3 unspecified atom stereocenters. The summed E-state index contributed by atoms with van der Waals surface area (Å²) in [5.41, 5.74) is 0. The van der Waals surface area contributed by atoms with E-state index in [4.69, 9.17) is 15.8 Å². The van der Waals surface area contributed by atoms with Crippen molar-refractivity contribution in [1.29, 1.82) is 15.8 Å². The number of rotatable bonds is 5. The third-order valence-electron chi connectivity index (χ3n) is 2.45. The number of hydrogen-bond donors (Lipinski definition) is 0. The highest BCUT2D eigenvalue weighted by atomic mass is 14.3. The van der Waals surface area contributed by atoms with Crippen LogP contribution in [0.4, 0.5) is 0 Å². The van der Waals surface area contributed by atoms with Gasteiger partial charge in [-0.1, -0.05) is 6.92 Å². The summed E-state index contributed by atoms with van der Waals surface area (Å²) in [7, 11) is 0. The van der Waals surface area contributed by atoms with Gasteiger partial charge in [-0.15, -0.1) is 0 Å². The van der Waals surface area contributed by atoms with Crippen LogP contribution in [0.15, 0.2) is 0 Å². The van der Waals surface area contributed by atoms with Gasteiger partial charge in [0.2, 0.25) is 0 Å². The fraction of sp³-hybridized carbons (Fsp3) is 0.727. The van der Waals surface area contributed by atoms with E-state index in [0.717, 1.165) is 0 Å². The fourth-order valence-electron chi connectivity index (χ4n) is 1.45. The first-order valence-electron chi connectivity index (χ1n) is 4.79. The molecular formula is C11H15N3. The molecule has 0 heterocycles. The van der Waals surface area contributed by atoms with Gasteiger partial charge >= 0.3 is 0 Å². The van der Waals surface area contributed by atoms with Gasteiger partial charge in [-0.05, 0) is 25.2 Å². The highest BCUT2D eigenvalue weighted by Gasteiger charge is 2.19. The lowest BCUT2D eigenvalue weighted by Gasteiger charge is -2.19. The highest BCUT2D eigenvalue weighted by molar-refractivity contribution is 4.88. The van der Waals surface area contributed by atoms with E-state index in [-0.39, 0.29) is 17.8 Å². The van der Waals surface area contributed by atoms with Crippen LogP contribution in [0.5, 0.6) is 0 Å². The summed E-state index contributed by atoms with van der Waals surface area (Å²) in [4.78, 5) is 0. The second-order valence-corrected chi connectivity index (χ2v) is 3.73. The first-order chi connectivity index (χ1) is 6.65. The summed E-state index contributed by atoms with van der Waals surface area (Å²) in [6, 6.07) is 6.38. The van der Waals surface area contributed by atoms with Crippen LogP contribution in [-0.2, 0) is 0 Å². The Morgan fingerprint density at radius 1 is 1.00 bits per heavy atom. The standard InChI is InChI=1S/C11H15N3/c1-9(8-14)7-11(4-6-13)10(2)3-5-12/h9-11H,3-4,7H2,1-2H3. The molecular weight excluding hydrogens is 174 g/mol. The van der Waals surface area contributed by atoms with Gasteiger partial charge in [0, 0.05) is 18.8 Å². The number of nitrogens with zero attached hydrogens (tertiary/aromatic N) is 3. The zero-order chi connectivity index (χ0) is 11.0. The lowest BCUT2D eigenvalue weighted by molar-refractivity contribution is 0.321. The van der Waals surface area contributed by atoms with E-state index in [9.17, 15) is 0 Å². The van der Waals surface area contributed by atoms with Crippen molar-refractivity contribution >= 4 is 0 Å². The maximum absolute atomic E-state index is 8.67. The van der Waals surface area contributed by atoms with Crippen LogP contribution < -0.4 is 0 Å². The van der Waals surface area contributed by atoms with E-state index in [2.05, 4.69) is 18.2 Å². The molecule has 3 nitrogen and oxygen atoms in total. The molecule has 0 N–H and O–H groups in total. The van der Waals surface area contributed by atoms with Gasteiger partial charge in [-0.25, -0.2) is 0 Å². The van der Waals surface area contributed by atoms with Crippen molar-refractivity contribution in [1.82, 2.24) is 0 Å². The van der Waals surface area contributed by atoms with Crippen LogP contribution in [-0.4, -0.2) is 0 Å². The normalized spacial score (nSPS) is 15.6. The average molecular weight is 189 g/mol. The summed E-state index contributed by atoms with van der Waals surface area (Å²) in [6.45, 7) is 3.82. The maximum atomic E-state index is 8.67. The smallest absolute Gasteiger partial charge is 0.0652 e. The molecule has 0 aromatic carbocycles. The Kier molecular flexibility index (Phi) is 6.17. The first-order valence-corrected chi connectivity index (χ1v) is 4.79. The minimum Gasteiger partial charge on any atom is -0.198 e. The molecule has 0 rings (SSSR count). The number of hydrogen-bond acceptors (Lipinski definition) is 3. The molecule has 0 aliphatic rings. The Balaban J connectivity index is 4.24. The Labute approximate surface area is 85.6 Å². The average Bonchev–Trinajstić information content (AvgIpc) is 2.17. The van der Waals surface area contributed by atoms with Gasteiger partial charge in [-0.2, -0.15) is 15.8 Å². The molecule has 0 saturated heterocycles. The van der Waals surface area contributed by atoms with E-state index in [1.54, 1.807) is 0 Å². The maximum Gasteiger partial charge on any atom is 0.0652 e. The van der Waals surface area contributed by atoms with Crippen molar-refractivity contribution in [2.75, 3.05) is 0 Å². The molecule has 0 aliphatic carbocycles. The molecule has 3 atom stereocenters. The minimum absolute atomic E-state index is 0.0329. The molecule has 0 fully saturated rings. The van der Waals surface area contributed by atoms with Crippen molar-refractivity contribution < 1.29 is 0 Å². The van der Waals surface area contributed by atoms with Crippen LogP contribution in [0.1, 0.15) is 33.1 Å². The third-order valence-corrected chi connectivity index (χ3v) is 2.45. The lowest BCUT2D eigenvalue weighted by Crippen LogP contribution is -2.14. The predicted molar refractivity (Wildman–Crippen MR) is 52.5 cm³/mol. The van der Waals surface area contributed by atoms with Crippen molar-refractivity contribution in [2.24, 2.45) is 17.8 Å². The molecule has 0 aromatic heterocycles. The first kappa shape index (κ1) is 12.5. The fourth-order valence-corrected chi connectivity index (χ4v) is 1.45. The summed E-state index contributed by atoms with van der Waals surface area (Å²) in [5, 5.41) is 25.8. The molecule has 0 radical (unpaired) electrons. The van der Waals surface area contributed by atoms with Crippen molar-refractivity contribution in [3.8, 4) is 18.2 Å². The molecule has 0 bridgehead atoms. The van der Waals surface area contributed by atoms with E-state index in [0.29, 0.717) is 19.3 Å². The van der Waals surface area contributed by atoms with Crippen LogP contribution in [0, 0.1) is 51.7 Å². The molecule has 0 aromatic rings. The quantitative estimate of drug-likeness (QED) is 0.667. The molecule has 0 spiro atoms. The zero-order valence-corrected chi connectivity index (χ0v) is 8.70. The van der Waals surface area contributed by atoms with Gasteiger partial charge in [0.25, 0.3) is 0 Å². The van der Waals surface area contributed by atoms with E-state index < -0.39 is 0 Å². The molecule has 14 heavy (non-hydrogen) atoms. The van der Waals surface area contributed by atoms with Crippen LogP contribution in [0.25, 0.3) is 0 Å². The van der Waals surface area contributed by atoms with Gasteiger partial charge in [0.05, 0.1) is 18.2 Å². The molecule has 3 heteroatoms. The van der Waals surface area contributed by atoms with E-state index in [1.165, 1.54) is 0 Å².